The van der Waals surface area contributed by atoms with Crippen LogP contribution in [0.5, 0.6) is 11.5 Å². The van der Waals surface area contributed by atoms with E-state index >= 15 is 0 Å². The lowest BCUT2D eigenvalue weighted by atomic mass is 10.0. The number of hydrogen-bond donors (Lipinski definition) is 2. The van der Waals surface area contributed by atoms with Gasteiger partial charge in [-0.25, -0.2) is 9.59 Å². The highest BCUT2D eigenvalue weighted by molar-refractivity contribution is 6.07. The second-order valence-corrected chi connectivity index (χ2v) is 6.42. The molecule has 158 valence electrons. The second-order valence-electron chi connectivity index (χ2n) is 6.42. The molecule has 0 atom stereocenters. The maximum atomic E-state index is 12.5. The summed E-state index contributed by atoms with van der Waals surface area (Å²) in [5.74, 6) is -0.563. The summed E-state index contributed by atoms with van der Waals surface area (Å²) < 4.78 is 11.9. The molecule has 0 saturated carbocycles. The number of aromatic nitrogens is 1. The van der Waals surface area contributed by atoms with Gasteiger partial charge in [-0.3, -0.25) is 9.36 Å². The molecule has 0 saturated heterocycles. The summed E-state index contributed by atoms with van der Waals surface area (Å²) in [7, 11) is 2.93. The van der Waals surface area contributed by atoms with Gasteiger partial charge in [-0.05, 0) is 42.5 Å². The van der Waals surface area contributed by atoms with Crippen molar-refractivity contribution in [2.45, 2.75) is 0 Å². The highest BCUT2D eigenvalue weighted by Crippen LogP contribution is 2.37. The van der Waals surface area contributed by atoms with Crippen molar-refractivity contribution < 1.29 is 34.1 Å². The molecular weight excluding hydrogens is 402 g/mol. The number of nitrogens with zero attached hydrogens (tertiary/aromatic N) is 1. The number of carbonyl (C=O) groups excluding carboxylic acids is 1. The zero-order chi connectivity index (χ0) is 22.5. The van der Waals surface area contributed by atoms with Crippen LogP contribution in [0.1, 0.15) is 26.3 Å². The Hall–Kier alpha value is -4.33. The predicted molar refractivity (Wildman–Crippen MR) is 113 cm³/mol. The first-order valence-corrected chi connectivity index (χ1v) is 9.08. The van der Waals surface area contributed by atoms with Crippen molar-refractivity contribution in [1.82, 2.24) is 4.57 Å². The lowest BCUT2D eigenvalue weighted by Gasteiger charge is -2.14. The second kappa shape index (κ2) is 9.00. The van der Waals surface area contributed by atoms with E-state index in [-0.39, 0.29) is 11.3 Å². The zero-order valence-electron chi connectivity index (χ0n) is 16.7. The molecule has 0 amide bonds. The Balaban J connectivity index is 2.00. The van der Waals surface area contributed by atoms with E-state index in [9.17, 15) is 19.5 Å². The van der Waals surface area contributed by atoms with Crippen LogP contribution in [0.3, 0.4) is 0 Å². The number of methoxy groups -OCH3 is 2. The highest BCUT2D eigenvalue weighted by atomic mass is 16.5. The molecule has 8 nitrogen and oxygen atoms in total. The molecule has 0 aliphatic heterocycles. The first kappa shape index (κ1) is 21.4. The minimum atomic E-state index is -1.14. The standard InChI is InChI=1S/C23H19NO7/c1-30-20-13-21(31-2)17(18-4-3-11-24(18)23(28)29)12-16(20)9-10-19(25)14-5-7-15(8-6-14)22(26)27/h3-13H,1-2H3,(H,26,27)(H,28,29). The van der Waals surface area contributed by atoms with Crippen LogP contribution in [0.25, 0.3) is 17.3 Å². The van der Waals surface area contributed by atoms with Crippen LogP contribution < -0.4 is 9.47 Å². The molecule has 0 fully saturated rings. The van der Waals surface area contributed by atoms with Gasteiger partial charge in [-0.2, -0.15) is 0 Å². The van der Waals surface area contributed by atoms with E-state index in [4.69, 9.17) is 14.6 Å². The van der Waals surface area contributed by atoms with Crippen molar-refractivity contribution >= 4 is 23.9 Å². The molecule has 2 N–H and O–H groups in total. The average Bonchev–Trinajstić information content (AvgIpc) is 3.27. The van der Waals surface area contributed by atoms with E-state index in [1.807, 2.05) is 0 Å². The Morgan fingerprint density at radius 2 is 1.55 bits per heavy atom. The third kappa shape index (κ3) is 4.48. The molecule has 0 spiro atoms. The SMILES string of the molecule is COc1cc(OC)c(-c2cccn2C(=O)O)cc1C=CC(=O)c1ccc(C(=O)O)cc1. The van der Waals surface area contributed by atoms with Crippen molar-refractivity contribution in [1.29, 1.82) is 0 Å². The van der Waals surface area contributed by atoms with Crippen molar-refractivity contribution in [2.75, 3.05) is 14.2 Å². The van der Waals surface area contributed by atoms with Crippen molar-refractivity contribution in [3.63, 3.8) is 0 Å². The molecule has 2 aromatic carbocycles. The third-order valence-electron chi connectivity index (χ3n) is 4.61. The highest BCUT2D eigenvalue weighted by Gasteiger charge is 2.17. The average molecular weight is 421 g/mol. The summed E-state index contributed by atoms with van der Waals surface area (Å²) >= 11 is 0. The number of carboxylic acid groups (broad SMARTS) is 2. The van der Waals surface area contributed by atoms with E-state index in [2.05, 4.69) is 0 Å². The number of carbonyl (C=O) groups is 3. The monoisotopic (exact) mass is 421 g/mol. The molecule has 0 radical (unpaired) electrons. The van der Waals surface area contributed by atoms with E-state index in [0.29, 0.717) is 33.9 Å². The molecular formula is C23H19NO7. The third-order valence-corrected chi connectivity index (χ3v) is 4.61. The number of carboxylic acids is 1. The van der Waals surface area contributed by atoms with Gasteiger partial charge in [-0.15, -0.1) is 0 Å². The van der Waals surface area contributed by atoms with Crippen LogP contribution in [0.15, 0.2) is 60.8 Å². The minimum Gasteiger partial charge on any atom is -0.496 e. The maximum absolute atomic E-state index is 12.5. The van der Waals surface area contributed by atoms with Gasteiger partial charge in [0.1, 0.15) is 11.5 Å². The van der Waals surface area contributed by atoms with E-state index in [1.165, 1.54) is 50.8 Å². The van der Waals surface area contributed by atoms with Gasteiger partial charge in [0.25, 0.3) is 0 Å². The molecule has 0 bridgehead atoms. The quantitative estimate of drug-likeness (QED) is 0.432. The maximum Gasteiger partial charge on any atom is 0.416 e. The zero-order valence-corrected chi connectivity index (χ0v) is 16.7. The van der Waals surface area contributed by atoms with Gasteiger partial charge in [0, 0.05) is 29.0 Å². The Morgan fingerprint density at radius 1 is 0.903 bits per heavy atom. The van der Waals surface area contributed by atoms with Crippen molar-refractivity contribution in [2.24, 2.45) is 0 Å². The van der Waals surface area contributed by atoms with Gasteiger partial charge in [0.05, 0.1) is 25.5 Å². The van der Waals surface area contributed by atoms with Gasteiger partial charge in [0.15, 0.2) is 5.78 Å². The molecule has 1 heterocycles. The van der Waals surface area contributed by atoms with Crippen molar-refractivity contribution in [3.05, 3.63) is 77.5 Å². The molecule has 3 aromatic rings. The van der Waals surface area contributed by atoms with Gasteiger partial charge in [-0.1, -0.05) is 12.1 Å². The number of hydrogen-bond acceptors (Lipinski definition) is 5. The molecule has 0 aliphatic rings. The van der Waals surface area contributed by atoms with Gasteiger partial charge < -0.3 is 19.7 Å². The molecule has 0 aliphatic carbocycles. The number of allylic oxidation sites excluding steroid dienone is 1. The molecule has 1 aromatic heterocycles. The number of ether oxygens (including phenoxy) is 2. The first-order chi connectivity index (χ1) is 14.8. The minimum absolute atomic E-state index is 0.0865. The van der Waals surface area contributed by atoms with Gasteiger partial charge in [0.2, 0.25) is 0 Å². The van der Waals surface area contributed by atoms with Crippen LogP contribution in [-0.2, 0) is 0 Å². The Labute approximate surface area is 177 Å². The van der Waals surface area contributed by atoms with Crippen LogP contribution in [0.2, 0.25) is 0 Å². The van der Waals surface area contributed by atoms with Crippen molar-refractivity contribution in [3.8, 4) is 22.8 Å². The Morgan fingerprint density at radius 3 is 2.13 bits per heavy atom. The number of aromatic carboxylic acids is 1. The number of benzene rings is 2. The normalized spacial score (nSPS) is 10.8. The molecule has 31 heavy (non-hydrogen) atoms. The van der Waals surface area contributed by atoms with E-state index in [0.717, 1.165) is 4.57 Å². The summed E-state index contributed by atoms with van der Waals surface area (Å²) in [5, 5.41) is 18.4. The summed E-state index contributed by atoms with van der Waals surface area (Å²) in [6.45, 7) is 0. The van der Waals surface area contributed by atoms with Crippen LogP contribution in [-0.4, -0.2) is 46.8 Å². The summed E-state index contributed by atoms with van der Waals surface area (Å²) in [6.07, 6.45) is 3.15. The van der Waals surface area contributed by atoms with Crippen LogP contribution >= 0.6 is 0 Å². The lowest BCUT2D eigenvalue weighted by molar-refractivity contribution is 0.0696. The summed E-state index contributed by atoms with van der Waals surface area (Å²) in [4.78, 5) is 35.0. The number of ketones is 1. The Bertz CT molecular complexity index is 1170. The molecule has 8 heteroatoms. The molecule has 3 rings (SSSR count). The predicted octanol–water partition coefficient (Wildman–Crippen LogP) is 4.29. The van der Waals surface area contributed by atoms with Gasteiger partial charge >= 0.3 is 12.1 Å². The lowest BCUT2D eigenvalue weighted by Crippen LogP contribution is -2.08. The fraction of sp³-hybridized carbons (Fsp3) is 0.0870. The van der Waals surface area contributed by atoms with Crippen LogP contribution in [0, 0.1) is 0 Å². The molecule has 0 unspecified atom stereocenters. The Kier molecular flexibility index (Phi) is 6.21. The summed E-state index contributed by atoms with van der Waals surface area (Å²) in [6, 6.07) is 12.1. The smallest absolute Gasteiger partial charge is 0.416 e. The fourth-order valence-electron chi connectivity index (χ4n) is 3.06. The first-order valence-electron chi connectivity index (χ1n) is 9.08. The fourth-order valence-corrected chi connectivity index (χ4v) is 3.06. The topological polar surface area (TPSA) is 115 Å². The number of rotatable bonds is 7. The van der Waals surface area contributed by atoms with E-state index in [1.54, 1.807) is 30.3 Å². The van der Waals surface area contributed by atoms with Crippen LogP contribution in [0.4, 0.5) is 4.79 Å². The van der Waals surface area contributed by atoms with E-state index < -0.39 is 12.1 Å². The largest absolute Gasteiger partial charge is 0.496 e. The summed E-state index contributed by atoms with van der Waals surface area (Å²) in [5.41, 5.74) is 1.86.